The molecule has 0 unspecified atom stereocenters. The Kier molecular flexibility index (Phi) is 9.11. The molecule has 4 aromatic rings. The maximum atomic E-state index is 13.5. The van der Waals surface area contributed by atoms with Crippen LogP contribution < -0.4 is 19.8 Å². The zero-order valence-electron chi connectivity index (χ0n) is 19.7. The van der Waals surface area contributed by atoms with Gasteiger partial charge in [-0.15, -0.1) is 24.8 Å². The van der Waals surface area contributed by atoms with E-state index in [2.05, 4.69) is 14.7 Å². The van der Waals surface area contributed by atoms with Crippen LogP contribution in [-0.2, 0) is 27.9 Å². The van der Waals surface area contributed by atoms with E-state index in [1.807, 2.05) is 30.3 Å². The summed E-state index contributed by atoms with van der Waals surface area (Å²) in [6.07, 6.45) is 3.25. The minimum atomic E-state index is -4.01. The van der Waals surface area contributed by atoms with Crippen molar-refractivity contribution in [3.8, 4) is 5.75 Å². The normalized spacial score (nSPS) is 12.2. The van der Waals surface area contributed by atoms with Gasteiger partial charge in [0.05, 0.1) is 12.3 Å². The van der Waals surface area contributed by atoms with Gasteiger partial charge in [0.15, 0.2) is 0 Å². The molecule has 1 aromatic heterocycles. The zero-order chi connectivity index (χ0) is 24.4. The van der Waals surface area contributed by atoms with E-state index in [4.69, 9.17) is 9.39 Å². The SMILES string of the molecule is CN(c1ncc[nH]1)c1cc(OCc2ccccc2)ccc1S(=O)(=O)Nc1ccc2c(c1)B(O)OC2.Cl.Cl. The average Bonchev–Trinajstić information content (AvgIpc) is 3.53. The number of ether oxygens (including phenoxy) is 1. The molecule has 0 spiro atoms. The number of benzene rings is 3. The Labute approximate surface area is 227 Å². The van der Waals surface area contributed by atoms with Gasteiger partial charge in [-0.1, -0.05) is 36.4 Å². The van der Waals surface area contributed by atoms with Gasteiger partial charge in [0.2, 0.25) is 5.95 Å². The third kappa shape index (κ3) is 6.20. The Hall–Kier alpha value is -3.22. The number of halogens is 2. The monoisotopic (exact) mass is 562 g/mol. The summed E-state index contributed by atoms with van der Waals surface area (Å²) in [5, 5.41) is 9.98. The van der Waals surface area contributed by atoms with E-state index < -0.39 is 17.1 Å². The molecule has 3 aromatic carbocycles. The fourth-order valence-electron chi connectivity index (χ4n) is 3.86. The van der Waals surface area contributed by atoms with E-state index in [0.717, 1.165) is 11.1 Å². The van der Waals surface area contributed by atoms with Crippen LogP contribution in [0, 0.1) is 0 Å². The number of hydrogen-bond donors (Lipinski definition) is 3. The molecule has 0 amide bonds. The molecular weight excluding hydrogens is 538 g/mol. The van der Waals surface area contributed by atoms with Crippen molar-refractivity contribution in [2.24, 2.45) is 0 Å². The van der Waals surface area contributed by atoms with Crippen LogP contribution in [0.3, 0.4) is 0 Å². The number of rotatable bonds is 8. The van der Waals surface area contributed by atoms with E-state index in [0.29, 0.717) is 35.1 Å². The van der Waals surface area contributed by atoms with E-state index in [1.54, 1.807) is 54.7 Å². The van der Waals surface area contributed by atoms with Gasteiger partial charge in [0.25, 0.3) is 10.0 Å². The smallest absolute Gasteiger partial charge is 0.489 e. The Morgan fingerprint density at radius 2 is 1.92 bits per heavy atom. The van der Waals surface area contributed by atoms with Crippen LogP contribution in [0.1, 0.15) is 11.1 Å². The largest absolute Gasteiger partial charge is 0.491 e. The van der Waals surface area contributed by atoms with Gasteiger partial charge >= 0.3 is 7.12 Å². The van der Waals surface area contributed by atoms with Crippen LogP contribution in [-0.4, -0.2) is 37.6 Å². The molecule has 5 rings (SSSR count). The number of sulfonamides is 1. The predicted octanol–water partition coefficient (Wildman–Crippen LogP) is 3.62. The Balaban J connectivity index is 0.00000190. The fraction of sp³-hybridized carbons (Fsp3) is 0.125. The van der Waals surface area contributed by atoms with Crippen LogP contribution in [0.5, 0.6) is 5.75 Å². The molecule has 0 bridgehead atoms. The van der Waals surface area contributed by atoms with Crippen molar-refractivity contribution in [2.45, 2.75) is 18.1 Å². The van der Waals surface area contributed by atoms with Crippen molar-refractivity contribution in [3.05, 3.63) is 90.3 Å². The molecule has 0 fully saturated rings. The number of nitrogens with one attached hydrogen (secondary N) is 2. The third-order valence-electron chi connectivity index (χ3n) is 5.69. The van der Waals surface area contributed by atoms with Crippen molar-refractivity contribution in [3.63, 3.8) is 0 Å². The molecule has 1 aliphatic rings. The number of hydrogen-bond acceptors (Lipinski definition) is 7. The van der Waals surface area contributed by atoms with E-state index >= 15 is 0 Å². The summed E-state index contributed by atoms with van der Waals surface area (Å²) in [6, 6.07) is 19.5. The summed E-state index contributed by atoms with van der Waals surface area (Å²) in [6.45, 7) is 0.626. The summed E-state index contributed by atoms with van der Waals surface area (Å²) in [5.41, 5.74) is 3.06. The van der Waals surface area contributed by atoms with Crippen LogP contribution >= 0.6 is 24.8 Å². The molecule has 1 aliphatic heterocycles. The quantitative estimate of drug-likeness (QED) is 0.281. The minimum Gasteiger partial charge on any atom is -0.489 e. The second-order valence-electron chi connectivity index (χ2n) is 8.06. The second kappa shape index (κ2) is 11.9. The Bertz CT molecular complexity index is 1440. The van der Waals surface area contributed by atoms with Gasteiger partial charge in [-0.2, -0.15) is 0 Å². The first-order valence-electron chi connectivity index (χ1n) is 10.9. The standard InChI is InChI=1S/C24H23BN4O5S.2ClH/c1-29(24-26-11-12-27-24)22-14-20(33-15-17-5-3-2-4-6-17)9-10-23(22)35(31,32)28-19-8-7-18-16-34-25(30)21(18)13-19;;/h2-14,28,30H,15-16H2,1H3,(H,26,27);2*1H. The Morgan fingerprint density at radius 1 is 1.14 bits per heavy atom. The van der Waals surface area contributed by atoms with Crippen molar-refractivity contribution >= 4 is 64.7 Å². The van der Waals surface area contributed by atoms with Gasteiger partial charge in [-0.05, 0) is 40.9 Å². The van der Waals surface area contributed by atoms with Crippen LogP contribution in [0.4, 0.5) is 17.3 Å². The highest BCUT2D eigenvalue weighted by atomic mass is 35.5. The molecule has 0 atom stereocenters. The number of aromatic amines is 1. The van der Waals surface area contributed by atoms with E-state index in [1.165, 1.54) is 6.07 Å². The number of imidazole rings is 1. The summed E-state index contributed by atoms with van der Waals surface area (Å²) in [5.74, 6) is 0.985. The average molecular weight is 563 g/mol. The predicted molar refractivity (Wildman–Crippen MR) is 148 cm³/mol. The van der Waals surface area contributed by atoms with Crippen LogP contribution in [0.2, 0.25) is 0 Å². The lowest BCUT2D eigenvalue weighted by molar-refractivity contribution is 0.275. The van der Waals surface area contributed by atoms with E-state index in [9.17, 15) is 13.4 Å². The molecule has 37 heavy (non-hydrogen) atoms. The fourth-order valence-corrected chi connectivity index (χ4v) is 5.13. The number of H-pyrrole nitrogens is 1. The Morgan fingerprint density at radius 3 is 2.65 bits per heavy atom. The summed E-state index contributed by atoms with van der Waals surface area (Å²) < 4.78 is 40.7. The topological polar surface area (TPSA) is 117 Å². The minimum absolute atomic E-state index is 0. The molecule has 3 N–H and O–H groups in total. The zero-order valence-corrected chi connectivity index (χ0v) is 22.1. The molecule has 2 heterocycles. The molecule has 9 nitrogen and oxygen atoms in total. The highest BCUT2D eigenvalue weighted by Crippen LogP contribution is 2.33. The molecule has 194 valence electrons. The highest BCUT2D eigenvalue weighted by Gasteiger charge is 2.29. The number of fused-ring (bicyclic) bond motifs is 1. The number of anilines is 3. The van der Waals surface area contributed by atoms with Crippen molar-refractivity contribution in [1.82, 2.24) is 9.97 Å². The van der Waals surface area contributed by atoms with Crippen molar-refractivity contribution in [2.75, 3.05) is 16.7 Å². The number of nitrogens with zero attached hydrogens (tertiary/aromatic N) is 2. The lowest BCUT2D eigenvalue weighted by Gasteiger charge is -2.21. The van der Waals surface area contributed by atoms with E-state index in [-0.39, 0.29) is 36.3 Å². The molecule has 13 heteroatoms. The lowest BCUT2D eigenvalue weighted by Crippen LogP contribution is -2.28. The molecule has 0 radical (unpaired) electrons. The second-order valence-corrected chi connectivity index (χ2v) is 9.71. The molecule has 0 saturated heterocycles. The number of aromatic nitrogens is 2. The van der Waals surface area contributed by atoms with Gasteiger partial charge in [0.1, 0.15) is 17.3 Å². The summed E-state index contributed by atoms with van der Waals surface area (Å²) >= 11 is 0. The molecule has 0 saturated carbocycles. The first-order chi connectivity index (χ1) is 16.9. The van der Waals surface area contributed by atoms with Crippen LogP contribution in [0.15, 0.2) is 84.0 Å². The first kappa shape index (κ1) is 28.4. The van der Waals surface area contributed by atoms with Gasteiger partial charge in [-0.3, -0.25) is 4.72 Å². The van der Waals surface area contributed by atoms with Gasteiger partial charge in [-0.25, -0.2) is 13.4 Å². The maximum Gasteiger partial charge on any atom is 0.491 e. The highest BCUT2D eigenvalue weighted by molar-refractivity contribution is 7.92. The van der Waals surface area contributed by atoms with Crippen molar-refractivity contribution in [1.29, 1.82) is 0 Å². The molecular formula is C24H25BCl2N4O5S. The van der Waals surface area contributed by atoms with Crippen LogP contribution in [0.25, 0.3) is 0 Å². The van der Waals surface area contributed by atoms with Gasteiger partial charge in [0, 0.05) is 31.2 Å². The van der Waals surface area contributed by atoms with Gasteiger partial charge < -0.3 is 24.3 Å². The molecule has 0 aliphatic carbocycles. The summed E-state index contributed by atoms with van der Waals surface area (Å²) in [4.78, 5) is 8.92. The maximum absolute atomic E-state index is 13.5. The third-order valence-corrected chi connectivity index (χ3v) is 7.12. The summed E-state index contributed by atoms with van der Waals surface area (Å²) in [7, 11) is -3.36. The van der Waals surface area contributed by atoms with Crippen molar-refractivity contribution < 1.29 is 22.8 Å². The lowest BCUT2D eigenvalue weighted by atomic mass is 9.79. The first-order valence-corrected chi connectivity index (χ1v) is 12.4.